The zero-order valence-electron chi connectivity index (χ0n) is 18.8. The number of hydrogen-bond donors (Lipinski definition) is 1. The molecule has 0 bridgehead atoms. The first kappa shape index (κ1) is 22.9. The fourth-order valence-corrected chi connectivity index (χ4v) is 5.54. The number of para-hydroxylation sites is 1. The number of anilines is 1. The van der Waals surface area contributed by atoms with Crippen LogP contribution in [0, 0.1) is 20.8 Å². The Balaban J connectivity index is 1.43. The molecule has 3 aromatic rings. The Morgan fingerprint density at radius 1 is 1.09 bits per heavy atom. The van der Waals surface area contributed by atoms with Crippen molar-refractivity contribution in [2.45, 2.75) is 32.5 Å². The molecule has 1 amide bonds. The van der Waals surface area contributed by atoms with Crippen molar-refractivity contribution in [2.75, 3.05) is 35.7 Å². The van der Waals surface area contributed by atoms with Gasteiger partial charge in [0.2, 0.25) is 5.91 Å². The summed E-state index contributed by atoms with van der Waals surface area (Å²) in [5.74, 6) is 3.39. The number of rotatable bonds is 7. The van der Waals surface area contributed by atoms with Crippen LogP contribution in [0.5, 0.6) is 0 Å². The van der Waals surface area contributed by atoms with Gasteiger partial charge in [-0.15, -0.1) is 10.2 Å². The number of hydrogen-bond acceptors (Lipinski definition) is 6. The summed E-state index contributed by atoms with van der Waals surface area (Å²) in [5.41, 5.74) is 5.43. The lowest BCUT2D eigenvalue weighted by Crippen LogP contribution is -2.32. The number of amides is 1. The molecule has 0 radical (unpaired) electrons. The van der Waals surface area contributed by atoms with Gasteiger partial charge < -0.3 is 5.32 Å². The molecule has 2 heterocycles. The van der Waals surface area contributed by atoms with Crippen LogP contribution >= 0.6 is 23.5 Å². The van der Waals surface area contributed by atoms with Gasteiger partial charge in [0.25, 0.3) is 0 Å². The number of nitrogens with zero attached hydrogens (tertiary/aromatic N) is 4. The molecule has 1 aliphatic rings. The smallest absolute Gasteiger partial charge is 0.234 e. The molecule has 1 N–H and O–H groups in total. The van der Waals surface area contributed by atoms with Gasteiger partial charge in [0, 0.05) is 36.8 Å². The van der Waals surface area contributed by atoms with Gasteiger partial charge in [-0.3, -0.25) is 14.3 Å². The van der Waals surface area contributed by atoms with E-state index in [1.165, 1.54) is 28.8 Å². The van der Waals surface area contributed by atoms with E-state index < -0.39 is 0 Å². The molecule has 1 saturated heterocycles. The SMILES string of the molecule is Cc1ccc(C)c(-n2c(C)nnc2SCC(=O)Nc2ccccc2CN2CCSCC2)c1. The van der Waals surface area contributed by atoms with E-state index in [2.05, 4.69) is 58.5 Å². The predicted octanol–water partition coefficient (Wildman–Crippen LogP) is 4.47. The lowest BCUT2D eigenvalue weighted by molar-refractivity contribution is -0.113. The molecule has 0 atom stereocenters. The Labute approximate surface area is 198 Å². The summed E-state index contributed by atoms with van der Waals surface area (Å²) in [6.07, 6.45) is 0. The van der Waals surface area contributed by atoms with Crippen molar-refractivity contribution < 1.29 is 4.79 Å². The third-order valence-electron chi connectivity index (χ3n) is 5.52. The molecule has 0 unspecified atom stereocenters. The van der Waals surface area contributed by atoms with Crippen LogP contribution in [0.3, 0.4) is 0 Å². The van der Waals surface area contributed by atoms with Crippen LogP contribution in [0.4, 0.5) is 5.69 Å². The van der Waals surface area contributed by atoms with E-state index in [0.29, 0.717) is 0 Å². The number of nitrogens with one attached hydrogen (secondary N) is 1. The summed E-state index contributed by atoms with van der Waals surface area (Å²) in [7, 11) is 0. The highest BCUT2D eigenvalue weighted by molar-refractivity contribution is 7.99. The van der Waals surface area contributed by atoms with Gasteiger partial charge in [0.1, 0.15) is 5.82 Å². The maximum atomic E-state index is 12.8. The van der Waals surface area contributed by atoms with Crippen molar-refractivity contribution in [3.05, 3.63) is 65.0 Å². The molecule has 1 aliphatic heterocycles. The normalized spacial score (nSPS) is 14.5. The van der Waals surface area contributed by atoms with E-state index in [-0.39, 0.29) is 11.7 Å². The van der Waals surface area contributed by atoms with Crippen LogP contribution in [-0.4, -0.2) is 55.9 Å². The quantitative estimate of drug-likeness (QED) is 0.517. The number of aromatic nitrogens is 3. The van der Waals surface area contributed by atoms with Crippen molar-refractivity contribution in [3.63, 3.8) is 0 Å². The maximum Gasteiger partial charge on any atom is 0.234 e. The average molecular weight is 468 g/mol. The van der Waals surface area contributed by atoms with E-state index in [9.17, 15) is 4.79 Å². The molecule has 0 spiro atoms. The monoisotopic (exact) mass is 467 g/mol. The van der Waals surface area contributed by atoms with Gasteiger partial charge in [-0.25, -0.2) is 0 Å². The van der Waals surface area contributed by atoms with Crippen LogP contribution in [0.25, 0.3) is 5.69 Å². The second-order valence-corrected chi connectivity index (χ2v) is 10.2. The number of carbonyl (C=O) groups is 1. The van der Waals surface area contributed by atoms with Crippen LogP contribution < -0.4 is 5.32 Å². The standard InChI is InChI=1S/C24H29N5OS2/c1-17-8-9-18(2)22(14-17)29-19(3)26-27-24(29)32-16-23(30)25-21-7-5-4-6-20(21)15-28-10-12-31-13-11-28/h4-9,14H,10-13,15-16H2,1-3H3,(H,25,30). The van der Waals surface area contributed by atoms with Crippen LogP contribution in [0.2, 0.25) is 0 Å². The molecule has 4 rings (SSSR count). The predicted molar refractivity (Wildman–Crippen MR) is 134 cm³/mol. The van der Waals surface area contributed by atoms with Crippen LogP contribution in [0.1, 0.15) is 22.5 Å². The minimum atomic E-state index is -0.0372. The minimum Gasteiger partial charge on any atom is -0.325 e. The zero-order valence-corrected chi connectivity index (χ0v) is 20.4. The summed E-state index contributed by atoms with van der Waals surface area (Å²) in [4.78, 5) is 15.2. The molecule has 6 nitrogen and oxygen atoms in total. The first-order chi connectivity index (χ1) is 15.5. The minimum absolute atomic E-state index is 0.0372. The van der Waals surface area contributed by atoms with E-state index in [4.69, 9.17) is 0 Å². The van der Waals surface area contributed by atoms with E-state index in [1.807, 2.05) is 41.5 Å². The van der Waals surface area contributed by atoms with Gasteiger partial charge >= 0.3 is 0 Å². The van der Waals surface area contributed by atoms with Crippen molar-refractivity contribution >= 4 is 35.1 Å². The Morgan fingerprint density at radius 2 is 1.88 bits per heavy atom. The van der Waals surface area contributed by atoms with Crippen molar-refractivity contribution in [1.29, 1.82) is 0 Å². The van der Waals surface area contributed by atoms with E-state index in [1.54, 1.807) is 0 Å². The summed E-state index contributed by atoms with van der Waals surface area (Å²) in [5, 5.41) is 12.4. The molecule has 1 fully saturated rings. The largest absolute Gasteiger partial charge is 0.325 e. The van der Waals surface area contributed by atoms with E-state index in [0.717, 1.165) is 53.1 Å². The summed E-state index contributed by atoms with van der Waals surface area (Å²) in [6, 6.07) is 14.4. The molecule has 8 heteroatoms. The molecular formula is C24H29N5OS2. The first-order valence-corrected chi connectivity index (χ1v) is 13.0. The molecular weight excluding hydrogens is 438 g/mol. The van der Waals surface area contributed by atoms with E-state index >= 15 is 0 Å². The fourth-order valence-electron chi connectivity index (χ4n) is 3.77. The molecule has 32 heavy (non-hydrogen) atoms. The van der Waals surface area contributed by atoms with Gasteiger partial charge in [0.15, 0.2) is 5.16 Å². The highest BCUT2D eigenvalue weighted by Crippen LogP contribution is 2.26. The van der Waals surface area contributed by atoms with Crippen LogP contribution in [-0.2, 0) is 11.3 Å². The summed E-state index contributed by atoms with van der Waals surface area (Å²) < 4.78 is 2.03. The summed E-state index contributed by atoms with van der Waals surface area (Å²) in [6.45, 7) is 9.14. The van der Waals surface area contributed by atoms with Crippen molar-refractivity contribution in [2.24, 2.45) is 0 Å². The lowest BCUT2D eigenvalue weighted by Gasteiger charge is -2.27. The van der Waals surface area contributed by atoms with Gasteiger partial charge in [0.05, 0.1) is 11.4 Å². The molecule has 2 aromatic carbocycles. The average Bonchev–Trinajstić information content (AvgIpc) is 3.16. The fraction of sp³-hybridized carbons (Fsp3) is 0.375. The molecule has 168 valence electrons. The Morgan fingerprint density at radius 3 is 2.69 bits per heavy atom. The van der Waals surface area contributed by atoms with Gasteiger partial charge in [-0.05, 0) is 49.6 Å². The van der Waals surface area contributed by atoms with Gasteiger partial charge in [-0.2, -0.15) is 11.8 Å². The van der Waals surface area contributed by atoms with Crippen LogP contribution in [0.15, 0.2) is 47.6 Å². The topological polar surface area (TPSA) is 63.1 Å². The highest BCUT2D eigenvalue weighted by atomic mass is 32.2. The second-order valence-electron chi connectivity index (χ2n) is 8.04. The van der Waals surface area contributed by atoms with Gasteiger partial charge in [-0.1, -0.05) is 42.1 Å². The maximum absolute atomic E-state index is 12.8. The molecule has 0 aliphatic carbocycles. The first-order valence-electron chi connectivity index (χ1n) is 10.8. The third-order valence-corrected chi connectivity index (χ3v) is 7.39. The third kappa shape index (κ3) is 5.54. The number of benzene rings is 2. The Bertz CT molecular complexity index is 1090. The Hall–Kier alpha value is -2.29. The zero-order chi connectivity index (χ0) is 22.5. The summed E-state index contributed by atoms with van der Waals surface area (Å²) >= 11 is 3.41. The number of carbonyl (C=O) groups excluding carboxylic acids is 1. The van der Waals surface area contributed by atoms with Crippen molar-refractivity contribution in [3.8, 4) is 5.69 Å². The highest BCUT2D eigenvalue weighted by Gasteiger charge is 2.17. The molecule has 0 saturated carbocycles. The number of aryl methyl sites for hydroxylation is 3. The van der Waals surface area contributed by atoms with Crippen molar-refractivity contribution in [1.82, 2.24) is 19.7 Å². The lowest BCUT2D eigenvalue weighted by atomic mass is 10.1. The number of thioether (sulfide) groups is 2. The molecule has 1 aromatic heterocycles. The second kappa shape index (κ2) is 10.6. The Kier molecular flexibility index (Phi) is 7.55.